The van der Waals surface area contributed by atoms with Crippen molar-refractivity contribution < 1.29 is 19.1 Å². The largest absolute Gasteiger partial charge is 0.466 e. The molecule has 2 amide bonds. The second kappa shape index (κ2) is 12.6. The van der Waals surface area contributed by atoms with Crippen LogP contribution in [0.25, 0.3) is 0 Å². The maximum atomic E-state index is 12.7. The number of amides is 2. The van der Waals surface area contributed by atoms with Crippen molar-refractivity contribution in [3.8, 4) is 0 Å². The summed E-state index contributed by atoms with van der Waals surface area (Å²) in [4.78, 5) is 37.0. The molecule has 0 spiro atoms. The molecule has 1 aliphatic rings. The molecule has 1 saturated carbocycles. The SMILES string of the molecule is O=C(CCC(=O)OCCCc1ccccc1)Nc1ccccc1C(=O)NC1CCCCC1. The summed E-state index contributed by atoms with van der Waals surface area (Å²) in [6, 6.07) is 17.2. The highest BCUT2D eigenvalue weighted by Crippen LogP contribution is 2.20. The molecular formula is C26H32N2O4. The Morgan fingerprint density at radius 1 is 0.875 bits per heavy atom. The minimum Gasteiger partial charge on any atom is -0.466 e. The van der Waals surface area contributed by atoms with Crippen LogP contribution < -0.4 is 10.6 Å². The summed E-state index contributed by atoms with van der Waals surface area (Å²) in [6.07, 6.45) is 7.07. The van der Waals surface area contributed by atoms with Gasteiger partial charge in [-0.2, -0.15) is 0 Å². The van der Waals surface area contributed by atoms with E-state index >= 15 is 0 Å². The maximum Gasteiger partial charge on any atom is 0.306 e. The summed E-state index contributed by atoms with van der Waals surface area (Å²) in [7, 11) is 0. The van der Waals surface area contributed by atoms with Crippen LogP contribution in [0.2, 0.25) is 0 Å². The zero-order valence-corrected chi connectivity index (χ0v) is 18.5. The Hall–Kier alpha value is -3.15. The number of hydrogen-bond donors (Lipinski definition) is 2. The molecule has 0 unspecified atom stereocenters. The van der Waals surface area contributed by atoms with Crippen LogP contribution in [0.1, 0.15) is 67.3 Å². The molecule has 2 aromatic rings. The third-order valence-electron chi connectivity index (χ3n) is 5.66. The fourth-order valence-corrected chi connectivity index (χ4v) is 3.91. The van der Waals surface area contributed by atoms with E-state index in [0.717, 1.165) is 38.5 Å². The van der Waals surface area contributed by atoms with Gasteiger partial charge >= 0.3 is 5.97 Å². The molecule has 170 valence electrons. The second-order valence-electron chi connectivity index (χ2n) is 8.21. The van der Waals surface area contributed by atoms with E-state index in [1.807, 2.05) is 30.3 Å². The third kappa shape index (κ3) is 7.84. The number of carbonyl (C=O) groups excluding carboxylic acids is 3. The standard InChI is InChI=1S/C26H32N2O4/c29-24(17-18-25(30)32-19-9-12-20-10-3-1-4-11-20)28-23-16-8-7-15-22(23)26(31)27-21-13-5-2-6-14-21/h1,3-4,7-8,10-11,15-16,21H,2,5-6,9,12-14,17-19H2,(H,27,31)(H,28,29). The van der Waals surface area contributed by atoms with Crippen LogP contribution >= 0.6 is 0 Å². The Morgan fingerprint density at radius 2 is 1.59 bits per heavy atom. The van der Waals surface area contributed by atoms with E-state index in [1.54, 1.807) is 24.3 Å². The average Bonchev–Trinajstić information content (AvgIpc) is 2.82. The predicted octanol–water partition coefficient (Wildman–Crippen LogP) is 4.64. The van der Waals surface area contributed by atoms with Crippen molar-refractivity contribution in [3.05, 3.63) is 65.7 Å². The highest BCUT2D eigenvalue weighted by atomic mass is 16.5. The summed E-state index contributed by atoms with van der Waals surface area (Å²) < 4.78 is 5.23. The van der Waals surface area contributed by atoms with Crippen LogP contribution in [0.3, 0.4) is 0 Å². The highest BCUT2D eigenvalue weighted by molar-refractivity contribution is 6.04. The molecule has 6 heteroatoms. The predicted molar refractivity (Wildman–Crippen MR) is 124 cm³/mol. The van der Waals surface area contributed by atoms with Gasteiger partial charge in [-0.25, -0.2) is 0 Å². The first-order valence-electron chi connectivity index (χ1n) is 11.5. The lowest BCUT2D eigenvalue weighted by Gasteiger charge is -2.23. The molecular weight excluding hydrogens is 404 g/mol. The Bertz CT molecular complexity index is 892. The molecule has 2 N–H and O–H groups in total. The molecule has 1 aliphatic carbocycles. The second-order valence-corrected chi connectivity index (χ2v) is 8.21. The molecule has 0 radical (unpaired) electrons. The molecule has 6 nitrogen and oxygen atoms in total. The topological polar surface area (TPSA) is 84.5 Å². The van der Waals surface area contributed by atoms with E-state index in [9.17, 15) is 14.4 Å². The number of anilines is 1. The van der Waals surface area contributed by atoms with Crippen molar-refractivity contribution in [2.24, 2.45) is 0 Å². The smallest absolute Gasteiger partial charge is 0.306 e. The molecule has 32 heavy (non-hydrogen) atoms. The van der Waals surface area contributed by atoms with Gasteiger partial charge in [0.05, 0.1) is 24.3 Å². The minimum absolute atomic E-state index is 0.00755. The van der Waals surface area contributed by atoms with Crippen LogP contribution in [0.4, 0.5) is 5.69 Å². The van der Waals surface area contributed by atoms with Crippen LogP contribution in [-0.2, 0) is 20.7 Å². The van der Waals surface area contributed by atoms with Gasteiger partial charge in [-0.1, -0.05) is 61.7 Å². The van der Waals surface area contributed by atoms with Crippen LogP contribution in [0.15, 0.2) is 54.6 Å². The summed E-state index contributed by atoms with van der Waals surface area (Å²) >= 11 is 0. The van der Waals surface area contributed by atoms with Crippen molar-refractivity contribution >= 4 is 23.5 Å². The van der Waals surface area contributed by atoms with Gasteiger partial charge in [-0.3, -0.25) is 14.4 Å². The lowest BCUT2D eigenvalue weighted by atomic mass is 9.95. The normalized spacial score (nSPS) is 13.9. The summed E-state index contributed by atoms with van der Waals surface area (Å²) in [5.41, 5.74) is 2.10. The fraction of sp³-hybridized carbons (Fsp3) is 0.423. The van der Waals surface area contributed by atoms with Gasteiger partial charge in [-0.15, -0.1) is 0 Å². The van der Waals surface area contributed by atoms with Crippen molar-refractivity contribution in [3.63, 3.8) is 0 Å². The van der Waals surface area contributed by atoms with Crippen LogP contribution in [0.5, 0.6) is 0 Å². The number of benzene rings is 2. The quantitative estimate of drug-likeness (QED) is 0.420. The first-order valence-corrected chi connectivity index (χ1v) is 11.5. The maximum absolute atomic E-state index is 12.7. The summed E-state index contributed by atoms with van der Waals surface area (Å²) in [6.45, 7) is 0.333. The zero-order valence-electron chi connectivity index (χ0n) is 18.5. The molecule has 1 fully saturated rings. The molecule has 2 aromatic carbocycles. The number of para-hydroxylation sites is 1. The Balaban J connectivity index is 1.39. The van der Waals surface area contributed by atoms with E-state index in [-0.39, 0.29) is 30.7 Å². The van der Waals surface area contributed by atoms with Crippen LogP contribution in [0, 0.1) is 0 Å². The number of ether oxygens (including phenoxy) is 1. The van der Waals surface area contributed by atoms with Crippen LogP contribution in [-0.4, -0.2) is 30.4 Å². The lowest BCUT2D eigenvalue weighted by Crippen LogP contribution is -2.36. The molecule has 0 heterocycles. The molecule has 0 aromatic heterocycles. The van der Waals surface area contributed by atoms with Gasteiger partial charge in [0, 0.05) is 12.5 Å². The average molecular weight is 437 g/mol. The van der Waals surface area contributed by atoms with E-state index in [1.165, 1.54) is 12.0 Å². The van der Waals surface area contributed by atoms with Crippen molar-refractivity contribution in [2.75, 3.05) is 11.9 Å². The molecule has 0 saturated heterocycles. The molecule has 3 rings (SSSR count). The fourth-order valence-electron chi connectivity index (χ4n) is 3.91. The van der Waals surface area contributed by atoms with Crippen molar-refractivity contribution in [2.45, 2.75) is 63.8 Å². The first-order chi connectivity index (χ1) is 15.6. The highest BCUT2D eigenvalue weighted by Gasteiger charge is 2.19. The van der Waals surface area contributed by atoms with Gasteiger partial charge in [0.15, 0.2) is 0 Å². The lowest BCUT2D eigenvalue weighted by molar-refractivity contribution is -0.144. The van der Waals surface area contributed by atoms with Gasteiger partial charge in [0.25, 0.3) is 5.91 Å². The number of hydrogen-bond acceptors (Lipinski definition) is 4. The first kappa shape index (κ1) is 23.5. The Morgan fingerprint density at radius 3 is 2.38 bits per heavy atom. The number of nitrogens with one attached hydrogen (secondary N) is 2. The van der Waals surface area contributed by atoms with E-state index in [4.69, 9.17) is 4.74 Å². The zero-order chi connectivity index (χ0) is 22.6. The van der Waals surface area contributed by atoms with E-state index in [0.29, 0.717) is 17.9 Å². The van der Waals surface area contributed by atoms with E-state index < -0.39 is 5.97 Å². The van der Waals surface area contributed by atoms with Gasteiger partial charge in [-0.05, 0) is 43.4 Å². The minimum atomic E-state index is -0.392. The summed E-state index contributed by atoms with van der Waals surface area (Å²) in [5.74, 6) is -0.883. The van der Waals surface area contributed by atoms with Crippen molar-refractivity contribution in [1.82, 2.24) is 5.32 Å². The van der Waals surface area contributed by atoms with Crippen molar-refractivity contribution in [1.29, 1.82) is 0 Å². The molecule has 0 bridgehead atoms. The monoisotopic (exact) mass is 436 g/mol. The number of aryl methyl sites for hydroxylation is 1. The number of esters is 1. The van der Waals surface area contributed by atoms with Gasteiger partial charge < -0.3 is 15.4 Å². The third-order valence-corrected chi connectivity index (χ3v) is 5.66. The number of carbonyl (C=O) groups is 3. The molecule has 0 atom stereocenters. The summed E-state index contributed by atoms with van der Waals surface area (Å²) in [5, 5.41) is 5.84. The van der Waals surface area contributed by atoms with Gasteiger partial charge in [0.1, 0.15) is 0 Å². The molecule has 0 aliphatic heterocycles. The van der Waals surface area contributed by atoms with Gasteiger partial charge in [0.2, 0.25) is 5.91 Å². The Kier molecular flexibility index (Phi) is 9.29. The van der Waals surface area contributed by atoms with E-state index in [2.05, 4.69) is 10.6 Å². The Labute approximate surface area is 189 Å². The number of rotatable bonds is 10.